The van der Waals surface area contributed by atoms with Gasteiger partial charge in [-0.2, -0.15) is 0 Å². The molecule has 0 fully saturated rings. The summed E-state index contributed by atoms with van der Waals surface area (Å²) in [5.74, 6) is 0.747. The maximum atomic E-state index is 10.9. The molecule has 0 spiro atoms. The molecule has 22 heavy (non-hydrogen) atoms. The van der Waals surface area contributed by atoms with Gasteiger partial charge >= 0.3 is 0 Å². The van der Waals surface area contributed by atoms with E-state index in [1.807, 2.05) is 12.1 Å². The van der Waals surface area contributed by atoms with E-state index in [4.69, 9.17) is 0 Å². The van der Waals surface area contributed by atoms with Crippen molar-refractivity contribution in [1.29, 1.82) is 0 Å². The van der Waals surface area contributed by atoms with E-state index in [9.17, 15) is 10.1 Å². The number of hydrogen-bond donors (Lipinski definition) is 0. The normalized spacial score (nSPS) is 14.1. The molecular formula is C13H11N7O2. The van der Waals surface area contributed by atoms with Gasteiger partial charge in [-0.05, 0) is 40.1 Å². The Balaban J connectivity index is 1.68. The van der Waals surface area contributed by atoms with Crippen molar-refractivity contribution in [1.82, 2.24) is 25.3 Å². The van der Waals surface area contributed by atoms with Gasteiger partial charge in [-0.25, -0.2) is 0 Å². The Morgan fingerprint density at radius 1 is 1.18 bits per heavy atom. The van der Waals surface area contributed by atoms with Crippen LogP contribution in [0.25, 0.3) is 5.65 Å². The molecule has 0 saturated heterocycles. The Labute approximate surface area is 124 Å². The summed E-state index contributed by atoms with van der Waals surface area (Å²) < 4.78 is 1.37. The Hall–Kier alpha value is -3.10. The highest BCUT2D eigenvalue weighted by molar-refractivity contribution is 5.49. The van der Waals surface area contributed by atoms with Crippen molar-refractivity contribution in [2.75, 3.05) is 11.4 Å². The van der Waals surface area contributed by atoms with Crippen LogP contribution in [-0.4, -0.2) is 36.7 Å². The molecule has 0 amide bonds. The van der Waals surface area contributed by atoms with Crippen LogP contribution in [0.1, 0.15) is 11.1 Å². The first kappa shape index (κ1) is 12.6. The fourth-order valence-electron chi connectivity index (χ4n) is 2.66. The van der Waals surface area contributed by atoms with E-state index in [0.717, 1.165) is 29.9 Å². The van der Waals surface area contributed by atoms with Crippen molar-refractivity contribution in [2.45, 2.75) is 13.0 Å². The molecule has 1 aliphatic heterocycles. The summed E-state index contributed by atoms with van der Waals surface area (Å²) in [7, 11) is 0. The molecule has 3 aromatic rings. The predicted octanol–water partition coefficient (Wildman–Crippen LogP) is 0.990. The lowest BCUT2D eigenvalue weighted by Crippen LogP contribution is -2.31. The molecule has 3 heterocycles. The number of aromatic nitrogens is 5. The number of anilines is 1. The molecule has 1 aromatic carbocycles. The molecule has 4 rings (SSSR count). The maximum Gasteiger partial charge on any atom is 0.269 e. The number of hydrogen-bond acceptors (Lipinski definition) is 7. The molecule has 0 radical (unpaired) electrons. The second-order valence-corrected chi connectivity index (χ2v) is 5.10. The van der Waals surface area contributed by atoms with Gasteiger partial charge in [0.25, 0.3) is 5.69 Å². The zero-order valence-electron chi connectivity index (χ0n) is 11.5. The number of nitro groups is 1. The summed E-state index contributed by atoms with van der Waals surface area (Å²) >= 11 is 0. The number of fused-ring (bicyclic) bond motifs is 2. The Kier molecular flexibility index (Phi) is 2.71. The Morgan fingerprint density at radius 3 is 2.95 bits per heavy atom. The van der Waals surface area contributed by atoms with Gasteiger partial charge in [0.15, 0.2) is 11.5 Å². The molecule has 1 aliphatic rings. The second kappa shape index (κ2) is 4.72. The van der Waals surface area contributed by atoms with E-state index in [1.54, 1.807) is 18.2 Å². The molecule has 9 heteroatoms. The van der Waals surface area contributed by atoms with Gasteiger partial charge in [0.1, 0.15) is 0 Å². The van der Waals surface area contributed by atoms with E-state index >= 15 is 0 Å². The van der Waals surface area contributed by atoms with Gasteiger partial charge in [-0.3, -0.25) is 10.1 Å². The van der Waals surface area contributed by atoms with Crippen LogP contribution >= 0.6 is 0 Å². The average molecular weight is 297 g/mol. The first-order chi connectivity index (χ1) is 10.7. The van der Waals surface area contributed by atoms with Crippen LogP contribution in [0, 0.1) is 10.1 Å². The molecule has 0 unspecified atom stereocenters. The topological polar surface area (TPSA) is 102 Å². The Morgan fingerprint density at radius 2 is 2.09 bits per heavy atom. The van der Waals surface area contributed by atoms with Crippen LogP contribution in [0.5, 0.6) is 0 Å². The minimum absolute atomic E-state index is 0.115. The van der Waals surface area contributed by atoms with Crippen molar-refractivity contribution < 1.29 is 4.92 Å². The molecule has 9 nitrogen and oxygen atoms in total. The summed E-state index contributed by atoms with van der Waals surface area (Å²) in [5.41, 5.74) is 2.80. The van der Waals surface area contributed by atoms with E-state index in [0.29, 0.717) is 12.2 Å². The number of non-ortho nitro benzene ring substituents is 1. The third-order valence-electron chi connectivity index (χ3n) is 3.79. The summed E-state index contributed by atoms with van der Waals surface area (Å²) in [6.45, 7) is 1.38. The standard InChI is InChI=1S/C13H11N7O2/c21-20(22)11-2-1-9-5-6-18(8-10(9)7-11)13-4-3-12-14-16-17-19(12)15-13/h1-4,7H,5-6,8H2. The van der Waals surface area contributed by atoms with Crippen molar-refractivity contribution in [3.05, 3.63) is 51.6 Å². The van der Waals surface area contributed by atoms with Gasteiger partial charge < -0.3 is 4.90 Å². The molecule has 0 aliphatic carbocycles. The summed E-state index contributed by atoms with van der Waals surface area (Å²) in [6.07, 6.45) is 0.822. The summed E-state index contributed by atoms with van der Waals surface area (Å²) in [5, 5.41) is 26.4. The minimum atomic E-state index is -0.370. The first-order valence-electron chi connectivity index (χ1n) is 6.77. The zero-order valence-corrected chi connectivity index (χ0v) is 11.5. The highest BCUT2D eigenvalue weighted by Gasteiger charge is 2.20. The van der Waals surface area contributed by atoms with E-state index in [1.165, 1.54) is 4.63 Å². The smallest absolute Gasteiger partial charge is 0.269 e. The monoisotopic (exact) mass is 297 g/mol. The number of nitro benzene ring substituents is 1. The quantitative estimate of drug-likeness (QED) is 0.513. The van der Waals surface area contributed by atoms with Gasteiger partial charge in [0.2, 0.25) is 0 Å². The van der Waals surface area contributed by atoms with Crippen molar-refractivity contribution >= 4 is 17.2 Å². The predicted molar refractivity (Wildman–Crippen MR) is 76.4 cm³/mol. The van der Waals surface area contributed by atoms with Crippen LogP contribution in [0.2, 0.25) is 0 Å². The SMILES string of the molecule is O=[N+]([O-])c1ccc2c(c1)CN(c1ccc3nnnn3n1)CC2. The van der Waals surface area contributed by atoms with Crippen LogP contribution in [0.3, 0.4) is 0 Å². The molecule has 2 aromatic heterocycles. The fraction of sp³-hybridized carbons (Fsp3) is 0.231. The van der Waals surface area contributed by atoms with Gasteiger partial charge in [0, 0.05) is 25.2 Å². The van der Waals surface area contributed by atoms with E-state index < -0.39 is 0 Å². The van der Waals surface area contributed by atoms with Crippen LogP contribution < -0.4 is 4.90 Å². The van der Waals surface area contributed by atoms with E-state index in [2.05, 4.69) is 25.5 Å². The van der Waals surface area contributed by atoms with Crippen LogP contribution in [0.4, 0.5) is 11.5 Å². The lowest BCUT2D eigenvalue weighted by molar-refractivity contribution is -0.384. The van der Waals surface area contributed by atoms with Gasteiger partial charge in [-0.15, -0.1) is 14.8 Å². The lowest BCUT2D eigenvalue weighted by atomic mass is 9.99. The van der Waals surface area contributed by atoms with Crippen molar-refractivity contribution in [3.63, 3.8) is 0 Å². The second-order valence-electron chi connectivity index (χ2n) is 5.10. The average Bonchev–Trinajstić information content (AvgIpc) is 3.01. The van der Waals surface area contributed by atoms with E-state index in [-0.39, 0.29) is 10.6 Å². The number of rotatable bonds is 2. The fourth-order valence-corrected chi connectivity index (χ4v) is 2.66. The highest BCUT2D eigenvalue weighted by Crippen LogP contribution is 2.26. The maximum absolute atomic E-state index is 10.9. The molecular weight excluding hydrogens is 286 g/mol. The molecule has 0 saturated carbocycles. The molecule has 0 atom stereocenters. The molecule has 0 N–H and O–H groups in total. The zero-order chi connectivity index (χ0) is 15.1. The number of benzene rings is 1. The minimum Gasteiger partial charge on any atom is -0.350 e. The largest absolute Gasteiger partial charge is 0.350 e. The van der Waals surface area contributed by atoms with Crippen LogP contribution in [-0.2, 0) is 13.0 Å². The highest BCUT2D eigenvalue weighted by atomic mass is 16.6. The number of tetrazole rings is 1. The molecule has 110 valence electrons. The van der Waals surface area contributed by atoms with Gasteiger partial charge in [-0.1, -0.05) is 6.07 Å². The third kappa shape index (κ3) is 2.03. The molecule has 0 bridgehead atoms. The van der Waals surface area contributed by atoms with Crippen molar-refractivity contribution in [2.24, 2.45) is 0 Å². The van der Waals surface area contributed by atoms with Crippen molar-refractivity contribution in [3.8, 4) is 0 Å². The lowest BCUT2D eigenvalue weighted by Gasteiger charge is -2.29. The first-order valence-corrected chi connectivity index (χ1v) is 6.77. The summed E-state index contributed by atoms with van der Waals surface area (Å²) in [6, 6.07) is 8.68. The van der Waals surface area contributed by atoms with Crippen LogP contribution in [0.15, 0.2) is 30.3 Å². The Bertz CT molecular complexity index is 876. The third-order valence-corrected chi connectivity index (χ3v) is 3.79. The number of nitrogens with zero attached hydrogens (tertiary/aromatic N) is 7. The summed E-state index contributed by atoms with van der Waals surface area (Å²) in [4.78, 5) is 12.6. The van der Waals surface area contributed by atoms with Gasteiger partial charge in [0.05, 0.1) is 4.92 Å².